The summed E-state index contributed by atoms with van der Waals surface area (Å²) in [6, 6.07) is 10.6. The standard InChI is InChI=1S/C15H20N4/c1-2-10-19-13(11-17-18-19)14(16)15(8-9-15)12-6-4-3-5-7-12/h3-7,11,14H,2,8-10,16H2,1H3. The second-order valence-corrected chi connectivity index (χ2v) is 5.38. The van der Waals surface area contributed by atoms with Crippen molar-refractivity contribution in [1.82, 2.24) is 15.0 Å². The van der Waals surface area contributed by atoms with Crippen molar-refractivity contribution in [3.8, 4) is 0 Å². The van der Waals surface area contributed by atoms with Crippen molar-refractivity contribution in [3.63, 3.8) is 0 Å². The van der Waals surface area contributed by atoms with Gasteiger partial charge in [0.05, 0.1) is 17.9 Å². The lowest BCUT2D eigenvalue weighted by Gasteiger charge is -2.24. The number of rotatable bonds is 5. The maximum atomic E-state index is 6.54. The molecule has 3 rings (SSSR count). The Balaban J connectivity index is 1.91. The highest BCUT2D eigenvalue weighted by molar-refractivity contribution is 5.36. The van der Waals surface area contributed by atoms with Crippen LogP contribution in [0.4, 0.5) is 0 Å². The minimum atomic E-state index is -0.0172. The maximum Gasteiger partial charge on any atom is 0.0763 e. The zero-order valence-electron chi connectivity index (χ0n) is 11.3. The van der Waals surface area contributed by atoms with Crippen molar-refractivity contribution in [2.24, 2.45) is 5.73 Å². The third-order valence-electron chi connectivity index (χ3n) is 4.13. The van der Waals surface area contributed by atoms with Gasteiger partial charge in [0, 0.05) is 12.0 Å². The summed E-state index contributed by atoms with van der Waals surface area (Å²) in [6.07, 6.45) is 5.16. The molecule has 1 aromatic carbocycles. The highest BCUT2D eigenvalue weighted by atomic mass is 15.4. The highest BCUT2D eigenvalue weighted by Crippen LogP contribution is 2.55. The Labute approximate surface area is 113 Å². The molecule has 1 saturated carbocycles. The monoisotopic (exact) mass is 256 g/mol. The first-order chi connectivity index (χ1) is 9.28. The summed E-state index contributed by atoms with van der Waals surface area (Å²) in [4.78, 5) is 0. The molecule has 1 heterocycles. The molecular formula is C15H20N4. The molecule has 4 heteroatoms. The van der Waals surface area contributed by atoms with E-state index >= 15 is 0 Å². The normalized spacial score (nSPS) is 18.2. The summed E-state index contributed by atoms with van der Waals surface area (Å²) in [7, 11) is 0. The molecular weight excluding hydrogens is 236 g/mol. The zero-order valence-corrected chi connectivity index (χ0v) is 11.3. The average Bonchev–Trinajstić information content (AvgIpc) is 3.14. The molecule has 1 atom stereocenters. The SMILES string of the molecule is CCCn1nncc1C(N)C1(c2ccccc2)CC1. The van der Waals surface area contributed by atoms with Crippen molar-refractivity contribution in [2.75, 3.05) is 0 Å². The lowest BCUT2D eigenvalue weighted by molar-refractivity contribution is 0.470. The lowest BCUT2D eigenvalue weighted by atomic mass is 9.87. The number of aromatic nitrogens is 3. The third kappa shape index (κ3) is 2.06. The van der Waals surface area contributed by atoms with Gasteiger partial charge in [0.15, 0.2) is 0 Å². The van der Waals surface area contributed by atoms with Gasteiger partial charge in [-0.1, -0.05) is 42.5 Å². The molecule has 1 fully saturated rings. The summed E-state index contributed by atoms with van der Waals surface area (Å²) < 4.78 is 1.95. The molecule has 0 amide bonds. The van der Waals surface area contributed by atoms with E-state index in [2.05, 4.69) is 41.5 Å². The van der Waals surface area contributed by atoms with Crippen LogP contribution in [0.25, 0.3) is 0 Å². The summed E-state index contributed by atoms with van der Waals surface area (Å²) in [5.74, 6) is 0. The predicted molar refractivity (Wildman–Crippen MR) is 74.6 cm³/mol. The first-order valence-electron chi connectivity index (χ1n) is 6.97. The van der Waals surface area contributed by atoms with Crippen LogP contribution in [0.15, 0.2) is 36.5 Å². The van der Waals surface area contributed by atoms with Crippen molar-refractivity contribution in [1.29, 1.82) is 0 Å². The molecule has 4 nitrogen and oxygen atoms in total. The average molecular weight is 256 g/mol. The van der Waals surface area contributed by atoms with Crippen molar-refractivity contribution >= 4 is 0 Å². The van der Waals surface area contributed by atoms with E-state index in [0.29, 0.717) is 0 Å². The van der Waals surface area contributed by atoms with Gasteiger partial charge in [-0.3, -0.25) is 0 Å². The van der Waals surface area contributed by atoms with E-state index in [0.717, 1.165) is 31.5 Å². The molecule has 1 aliphatic carbocycles. The lowest BCUT2D eigenvalue weighted by Crippen LogP contribution is -2.29. The fourth-order valence-electron chi connectivity index (χ4n) is 2.86. The maximum absolute atomic E-state index is 6.54. The molecule has 0 aliphatic heterocycles. The smallest absolute Gasteiger partial charge is 0.0763 e. The molecule has 19 heavy (non-hydrogen) atoms. The van der Waals surface area contributed by atoms with E-state index in [9.17, 15) is 0 Å². The molecule has 0 spiro atoms. The molecule has 2 aromatic rings. The van der Waals surface area contributed by atoms with Crippen LogP contribution in [0.2, 0.25) is 0 Å². The largest absolute Gasteiger partial charge is 0.322 e. The van der Waals surface area contributed by atoms with Crippen molar-refractivity contribution in [3.05, 3.63) is 47.8 Å². The molecule has 1 aromatic heterocycles. The van der Waals surface area contributed by atoms with Gasteiger partial charge in [-0.25, -0.2) is 4.68 Å². The predicted octanol–water partition coefficient (Wildman–Crippen LogP) is 2.42. The van der Waals surface area contributed by atoms with Gasteiger partial charge >= 0.3 is 0 Å². The van der Waals surface area contributed by atoms with Crippen LogP contribution >= 0.6 is 0 Å². The molecule has 0 bridgehead atoms. The van der Waals surface area contributed by atoms with Crippen molar-refractivity contribution < 1.29 is 0 Å². The van der Waals surface area contributed by atoms with Gasteiger partial charge in [-0.15, -0.1) is 5.10 Å². The van der Waals surface area contributed by atoms with Gasteiger partial charge in [0.25, 0.3) is 0 Å². The summed E-state index contributed by atoms with van der Waals surface area (Å²) >= 11 is 0. The van der Waals surface area contributed by atoms with Crippen LogP contribution in [-0.2, 0) is 12.0 Å². The molecule has 1 unspecified atom stereocenters. The second-order valence-electron chi connectivity index (χ2n) is 5.38. The number of benzene rings is 1. The van der Waals surface area contributed by atoms with E-state index in [1.165, 1.54) is 5.56 Å². The van der Waals surface area contributed by atoms with Crippen molar-refractivity contribution in [2.45, 2.75) is 44.2 Å². The van der Waals surface area contributed by atoms with E-state index in [1.807, 2.05) is 16.9 Å². The molecule has 1 aliphatic rings. The minimum absolute atomic E-state index is 0.0172. The van der Waals surface area contributed by atoms with Crippen LogP contribution in [0.5, 0.6) is 0 Å². The van der Waals surface area contributed by atoms with E-state index < -0.39 is 0 Å². The Bertz CT molecular complexity index is 542. The van der Waals surface area contributed by atoms with Crippen LogP contribution in [0.3, 0.4) is 0 Å². The first kappa shape index (κ1) is 12.4. The fraction of sp³-hybridized carbons (Fsp3) is 0.467. The van der Waals surface area contributed by atoms with Crippen LogP contribution in [0, 0.1) is 0 Å². The Morgan fingerprint density at radius 3 is 2.68 bits per heavy atom. The van der Waals surface area contributed by atoms with E-state index in [4.69, 9.17) is 5.73 Å². The van der Waals surface area contributed by atoms with Gasteiger partial charge in [-0.2, -0.15) is 0 Å². The zero-order chi connectivity index (χ0) is 13.3. The summed E-state index contributed by atoms with van der Waals surface area (Å²) in [5.41, 5.74) is 9.03. The van der Waals surface area contributed by atoms with Crippen LogP contribution in [0.1, 0.15) is 43.5 Å². The number of nitrogens with zero attached hydrogens (tertiary/aromatic N) is 3. The minimum Gasteiger partial charge on any atom is -0.322 e. The van der Waals surface area contributed by atoms with E-state index in [1.54, 1.807) is 0 Å². The first-order valence-corrected chi connectivity index (χ1v) is 6.97. The molecule has 2 N–H and O–H groups in total. The van der Waals surface area contributed by atoms with Crippen LogP contribution in [-0.4, -0.2) is 15.0 Å². The number of hydrogen-bond donors (Lipinski definition) is 1. The highest BCUT2D eigenvalue weighted by Gasteiger charge is 2.50. The Morgan fingerprint density at radius 2 is 2.05 bits per heavy atom. The fourth-order valence-corrected chi connectivity index (χ4v) is 2.86. The molecule has 0 saturated heterocycles. The quantitative estimate of drug-likeness (QED) is 0.893. The topological polar surface area (TPSA) is 56.7 Å². The van der Waals surface area contributed by atoms with Crippen LogP contribution < -0.4 is 5.73 Å². The number of aryl methyl sites for hydroxylation is 1. The Hall–Kier alpha value is -1.68. The summed E-state index contributed by atoms with van der Waals surface area (Å²) in [6.45, 7) is 3.02. The van der Waals surface area contributed by atoms with Gasteiger partial charge in [-0.05, 0) is 24.8 Å². The molecule has 0 radical (unpaired) electrons. The third-order valence-corrected chi connectivity index (χ3v) is 4.13. The number of nitrogens with two attached hydrogens (primary N) is 1. The summed E-state index contributed by atoms with van der Waals surface area (Å²) in [5, 5.41) is 8.18. The second kappa shape index (κ2) is 4.78. The Kier molecular flexibility index (Phi) is 3.11. The van der Waals surface area contributed by atoms with Gasteiger partial charge in [0.2, 0.25) is 0 Å². The Morgan fingerprint density at radius 1 is 1.32 bits per heavy atom. The van der Waals surface area contributed by atoms with Gasteiger partial charge < -0.3 is 5.73 Å². The molecule has 100 valence electrons. The van der Waals surface area contributed by atoms with E-state index in [-0.39, 0.29) is 11.5 Å². The number of hydrogen-bond acceptors (Lipinski definition) is 3. The van der Waals surface area contributed by atoms with Gasteiger partial charge in [0.1, 0.15) is 0 Å².